The third kappa shape index (κ3) is 4.49. The molecule has 2 aliphatic rings. The van der Waals surface area contributed by atoms with Crippen LogP contribution in [0.1, 0.15) is 55.1 Å². The number of primary amides is 1. The van der Waals surface area contributed by atoms with Gasteiger partial charge in [0.05, 0.1) is 6.10 Å². The quantitative estimate of drug-likeness (QED) is 0.555. The molecule has 2 aromatic rings. The van der Waals surface area contributed by atoms with Crippen molar-refractivity contribution in [2.45, 2.75) is 63.0 Å². The zero-order valence-electron chi connectivity index (χ0n) is 19.4. The van der Waals surface area contributed by atoms with Crippen LogP contribution >= 0.6 is 0 Å². The van der Waals surface area contributed by atoms with Crippen LogP contribution in [0.25, 0.3) is 0 Å². The fourth-order valence-electron chi connectivity index (χ4n) is 4.46. The molecule has 1 aliphatic carbocycles. The molecule has 0 radical (unpaired) electrons. The number of ether oxygens (including phenoxy) is 2. The minimum Gasteiger partial charge on any atom is -0.487 e. The molecule has 3 N–H and O–H groups in total. The number of nitrogens with one attached hydrogen (secondary N) is 1. The molecule has 0 unspecified atom stereocenters. The number of nitrogens with zero attached hydrogens (tertiary/aromatic N) is 1. The summed E-state index contributed by atoms with van der Waals surface area (Å²) in [5.74, 6) is -7.69. The van der Waals surface area contributed by atoms with Gasteiger partial charge < -0.3 is 20.5 Å². The molecule has 1 aliphatic heterocycles. The van der Waals surface area contributed by atoms with E-state index in [1.807, 2.05) is 0 Å². The third-order valence-corrected chi connectivity index (χ3v) is 6.98. The Hall–Kier alpha value is -3.28. The van der Waals surface area contributed by atoms with E-state index < -0.39 is 65.0 Å². The molecule has 2 fully saturated rings. The normalized spacial score (nSPS) is 26.4. The van der Waals surface area contributed by atoms with Crippen molar-refractivity contribution in [3.8, 4) is 5.75 Å². The lowest BCUT2D eigenvalue weighted by atomic mass is 9.76. The average molecular weight is 513 g/mol. The monoisotopic (exact) mass is 513 g/mol. The zero-order valence-corrected chi connectivity index (χ0v) is 19.4. The van der Waals surface area contributed by atoms with Crippen LogP contribution in [0, 0.1) is 17.6 Å². The highest BCUT2D eigenvalue weighted by Crippen LogP contribution is 2.55. The summed E-state index contributed by atoms with van der Waals surface area (Å²) < 4.78 is 82.4. The maximum atomic E-state index is 14.9. The number of pyridine rings is 1. The Morgan fingerprint density at radius 3 is 2.50 bits per heavy atom. The minimum absolute atomic E-state index is 0.0376. The Bertz CT molecular complexity index is 1190. The summed E-state index contributed by atoms with van der Waals surface area (Å²) in [4.78, 5) is 28.4. The molecule has 1 aromatic heterocycles. The number of alkyl halides is 3. The van der Waals surface area contributed by atoms with Crippen molar-refractivity contribution in [1.82, 2.24) is 4.98 Å². The highest BCUT2D eigenvalue weighted by atomic mass is 19.4. The van der Waals surface area contributed by atoms with Crippen LogP contribution < -0.4 is 15.8 Å². The lowest BCUT2D eigenvalue weighted by Gasteiger charge is -2.32. The number of halogens is 5. The summed E-state index contributed by atoms with van der Waals surface area (Å²) in [6.07, 6.45) is -3.89. The first-order chi connectivity index (χ1) is 16.8. The molecule has 0 spiro atoms. The van der Waals surface area contributed by atoms with E-state index in [0.717, 1.165) is 31.5 Å². The molecule has 0 bridgehead atoms. The second-order valence-corrected chi connectivity index (χ2v) is 9.19. The van der Waals surface area contributed by atoms with Gasteiger partial charge in [0.15, 0.2) is 17.2 Å². The molecule has 1 saturated heterocycles. The molecule has 194 valence electrons. The number of anilines is 1. The van der Waals surface area contributed by atoms with Gasteiger partial charge in [0.25, 0.3) is 11.8 Å². The van der Waals surface area contributed by atoms with Crippen molar-refractivity contribution in [3.05, 3.63) is 53.4 Å². The Balaban J connectivity index is 1.76. The van der Waals surface area contributed by atoms with E-state index in [4.69, 9.17) is 15.2 Å². The second kappa shape index (κ2) is 9.30. The number of aromatic nitrogens is 1. The van der Waals surface area contributed by atoms with Gasteiger partial charge >= 0.3 is 6.18 Å². The lowest BCUT2D eigenvalue weighted by Crippen LogP contribution is -2.47. The SMILES string of the molecule is C[C@@H]1[C@H](c2ccc(F)c(F)c2OC2CCC2)[C@@H](C(=O)Nc2ccnc(C(N)=O)c2)O[C@]1(C)C(F)(F)F. The summed E-state index contributed by atoms with van der Waals surface area (Å²) in [6, 6.07) is 4.37. The molecular formula is C24H24F5N3O4. The molecule has 36 heavy (non-hydrogen) atoms. The first kappa shape index (κ1) is 25.8. The number of hydrogen-bond acceptors (Lipinski definition) is 5. The molecule has 2 amide bonds. The van der Waals surface area contributed by atoms with Crippen molar-refractivity contribution in [1.29, 1.82) is 0 Å². The van der Waals surface area contributed by atoms with E-state index >= 15 is 0 Å². The number of benzene rings is 1. The van der Waals surface area contributed by atoms with E-state index in [9.17, 15) is 31.5 Å². The molecular weight excluding hydrogens is 489 g/mol. The maximum absolute atomic E-state index is 14.9. The summed E-state index contributed by atoms with van der Waals surface area (Å²) in [5.41, 5.74) is 2.16. The first-order valence-corrected chi connectivity index (χ1v) is 11.3. The van der Waals surface area contributed by atoms with Crippen LogP contribution in [0.15, 0.2) is 30.5 Å². The van der Waals surface area contributed by atoms with Gasteiger partial charge in [0.2, 0.25) is 5.82 Å². The topological polar surface area (TPSA) is 104 Å². The van der Waals surface area contributed by atoms with Gasteiger partial charge in [0.1, 0.15) is 11.8 Å². The van der Waals surface area contributed by atoms with E-state index in [0.29, 0.717) is 12.8 Å². The Kier molecular flexibility index (Phi) is 6.67. The van der Waals surface area contributed by atoms with Gasteiger partial charge in [-0.25, -0.2) is 4.39 Å². The van der Waals surface area contributed by atoms with Gasteiger partial charge in [-0.1, -0.05) is 13.0 Å². The highest BCUT2D eigenvalue weighted by Gasteiger charge is 2.66. The van der Waals surface area contributed by atoms with Crippen LogP contribution in [0.3, 0.4) is 0 Å². The van der Waals surface area contributed by atoms with Crippen LogP contribution in [0.5, 0.6) is 5.75 Å². The minimum atomic E-state index is -4.89. The van der Waals surface area contributed by atoms with E-state index in [-0.39, 0.29) is 16.9 Å². The molecule has 7 nitrogen and oxygen atoms in total. The maximum Gasteiger partial charge on any atom is 0.417 e. The van der Waals surface area contributed by atoms with Crippen LogP contribution in [0.2, 0.25) is 0 Å². The fraction of sp³-hybridized carbons (Fsp3) is 0.458. The van der Waals surface area contributed by atoms with E-state index in [1.165, 1.54) is 19.2 Å². The zero-order chi connectivity index (χ0) is 26.4. The Morgan fingerprint density at radius 2 is 1.92 bits per heavy atom. The first-order valence-electron chi connectivity index (χ1n) is 11.3. The molecule has 1 aromatic carbocycles. The summed E-state index contributed by atoms with van der Waals surface area (Å²) in [7, 11) is 0. The van der Waals surface area contributed by atoms with Crippen molar-refractivity contribution >= 4 is 17.5 Å². The Labute approximate surface area is 203 Å². The fourth-order valence-corrected chi connectivity index (χ4v) is 4.46. The van der Waals surface area contributed by atoms with Gasteiger partial charge in [-0.2, -0.15) is 17.6 Å². The summed E-state index contributed by atoms with van der Waals surface area (Å²) in [5, 5.41) is 2.41. The smallest absolute Gasteiger partial charge is 0.417 e. The number of carbonyl (C=O) groups excluding carboxylic acids is 2. The molecule has 4 atom stereocenters. The second-order valence-electron chi connectivity index (χ2n) is 9.19. The largest absolute Gasteiger partial charge is 0.487 e. The summed E-state index contributed by atoms with van der Waals surface area (Å²) >= 11 is 0. The molecule has 2 heterocycles. The predicted molar refractivity (Wildman–Crippen MR) is 117 cm³/mol. The van der Waals surface area contributed by atoms with E-state index in [1.54, 1.807) is 0 Å². The lowest BCUT2D eigenvalue weighted by molar-refractivity contribution is -0.272. The molecule has 12 heteroatoms. The van der Waals surface area contributed by atoms with Crippen LogP contribution in [0.4, 0.5) is 27.6 Å². The highest BCUT2D eigenvalue weighted by molar-refractivity contribution is 5.97. The average Bonchev–Trinajstić information content (AvgIpc) is 3.05. The van der Waals surface area contributed by atoms with Crippen molar-refractivity contribution in [3.63, 3.8) is 0 Å². The van der Waals surface area contributed by atoms with E-state index in [2.05, 4.69) is 10.3 Å². The van der Waals surface area contributed by atoms with Gasteiger partial charge in [-0.05, 0) is 44.4 Å². The Morgan fingerprint density at radius 1 is 1.22 bits per heavy atom. The van der Waals surface area contributed by atoms with Crippen molar-refractivity contribution in [2.24, 2.45) is 11.7 Å². The predicted octanol–water partition coefficient (Wildman–Crippen LogP) is 4.47. The number of nitrogens with two attached hydrogens (primary N) is 1. The third-order valence-electron chi connectivity index (χ3n) is 6.98. The number of amides is 2. The summed E-state index contributed by atoms with van der Waals surface area (Å²) in [6.45, 7) is 2.04. The molecule has 4 rings (SSSR count). The van der Waals surface area contributed by atoms with Gasteiger partial charge in [0, 0.05) is 29.3 Å². The number of hydrogen-bond donors (Lipinski definition) is 2. The van der Waals surface area contributed by atoms with Gasteiger partial charge in [-0.15, -0.1) is 0 Å². The number of carbonyl (C=O) groups is 2. The number of rotatable bonds is 6. The standard InChI is InChI=1S/C24H24F5N3O4/c1-11-17(14-6-7-15(25)18(26)19(14)35-13-4-3-5-13)20(36-23(11,2)24(27,28)29)22(34)32-12-8-9-31-16(10-12)21(30)33/h6-11,13,17,20H,3-5H2,1-2H3,(H2,30,33)(H,31,32,34)/t11-,17-,20+,23+/m1/s1. The van der Waals surface area contributed by atoms with Crippen LogP contribution in [-0.4, -0.2) is 40.8 Å². The molecule has 1 saturated carbocycles. The van der Waals surface area contributed by atoms with Crippen molar-refractivity contribution in [2.75, 3.05) is 5.32 Å². The van der Waals surface area contributed by atoms with Gasteiger partial charge in [-0.3, -0.25) is 14.6 Å². The van der Waals surface area contributed by atoms with Crippen LogP contribution in [-0.2, 0) is 9.53 Å². The van der Waals surface area contributed by atoms with Crippen molar-refractivity contribution < 1.29 is 41.0 Å².